The number of benzene rings is 1. The predicted octanol–water partition coefficient (Wildman–Crippen LogP) is 0.597. The third-order valence-electron chi connectivity index (χ3n) is 1.58. The molecule has 82 valence electrons. The average Bonchev–Trinajstić information content (AvgIpc) is 2.06. The minimum atomic E-state index is -4.34. The lowest BCUT2D eigenvalue weighted by Crippen LogP contribution is -2.07. The van der Waals surface area contributed by atoms with E-state index in [9.17, 15) is 18.3 Å². The highest BCUT2D eigenvalue weighted by molar-refractivity contribution is 7.85. The van der Waals surface area contributed by atoms with Crippen molar-refractivity contribution < 1.29 is 22.9 Å². The minimum Gasteiger partial charge on any atom is -0.506 e. The normalized spacial score (nSPS) is 11.1. The molecule has 0 spiro atoms. The van der Waals surface area contributed by atoms with E-state index in [0.29, 0.717) is 0 Å². The monoisotopic (exact) mass is 231 g/mol. The molecule has 15 heavy (non-hydrogen) atoms. The maximum atomic E-state index is 10.7. The minimum absolute atomic E-state index is 0.0716. The van der Waals surface area contributed by atoms with Gasteiger partial charge in [0.25, 0.3) is 10.1 Å². The lowest BCUT2D eigenvalue weighted by atomic mass is 10.3. The summed E-state index contributed by atoms with van der Waals surface area (Å²) in [6.07, 6.45) is 0. The molecule has 0 unspecified atom stereocenters. The Morgan fingerprint density at radius 3 is 2.47 bits per heavy atom. The molecular formula is C8H9NO5S. The molecule has 0 heterocycles. The van der Waals surface area contributed by atoms with Crippen LogP contribution in [0.2, 0.25) is 0 Å². The van der Waals surface area contributed by atoms with Gasteiger partial charge >= 0.3 is 0 Å². The summed E-state index contributed by atoms with van der Waals surface area (Å²) in [6.45, 7) is 1.21. The summed E-state index contributed by atoms with van der Waals surface area (Å²) in [6, 6.07) is 3.05. The van der Waals surface area contributed by atoms with Crippen molar-refractivity contribution in [3.8, 4) is 5.75 Å². The van der Waals surface area contributed by atoms with Crippen LogP contribution >= 0.6 is 0 Å². The Kier molecular flexibility index (Phi) is 2.96. The van der Waals surface area contributed by atoms with Crippen LogP contribution in [0.25, 0.3) is 0 Å². The Morgan fingerprint density at radius 1 is 1.40 bits per heavy atom. The Hall–Kier alpha value is -1.60. The van der Waals surface area contributed by atoms with Crippen molar-refractivity contribution in [2.45, 2.75) is 11.8 Å². The Balaban J connectivity index is 3.23. The highest BCUT2D eigenvalue weighted by Gasteiger charge is 2.12. The third kappa shape index (κ3) is 2.93. The molecule has 1 aromatic carbocycles. The zero-order chi connectivity index (χ0) is 11.6. The van der Waals surface area contributed by atoms with Crippen molar-refractivity contribution in [3.63, 3.8) is 0 Å². The van der Waals surface area contributed by atoms with E-state index in [4.69, 9.17) is 4.55 Å². The maximum Gasteiger partial charge on any atom is 0.294 e. The molecular weight excluding hydrogens is 222 g/mol. The van der Waals surface area contributed by atoms with E-state index in [-0.39, 0.29) is 11.4 Å². The highest BCUT2D eigenvalue weighted by Crippen LogP contribution is 2.26. The van der Waals surface area contributed by atoms with Crippen molar-refractivity contribution in [1.29, 1.82) is 0 Å². The zero-order valence-corrected chi connectivity index (χ0v) is 8.58. The third-order valence-corrected chi connectivity index (χ3v) is 2.43. The molecule has 1 rings (SSSR count). The van der Waals surface area contributed by atoms with Crippen LogP contribution in [0.1, 0.15) is 6.92 Å². The topological polar surface area (TPSA) is 104 Å². The summed E-state index contributed by atoms with van der Waals surface area (Å²) in [7, 11) is -4.34. The highest BCUT2D eigenvalue weighted by atomic mass is 32.2. The first-order valence-electron chi connectivity index (χ1n) is 3.89. The molecule has 0 aromatic heterocycles. The number of rotatable bonds is 2. The summed E-state index contributed by atoms with van der Waals surface area (Å²) < 4.78 is 30.2. The van der Waals surface area contributed by atoms with Gasteiger partial charge in [0.15, 0.2) is 0 Å². The molecule has 3 N–H and O–H groups in total. The number of carbonyl (C=O) groups excluding carboxylic acids is 1. The molecule has 0 radical (unpaired) electrons. The fourth-order valence-corrected chi connectivity index (χ4v) is 1.47. The Bertz CT molecular complexity index is 494. The smallest absolute Gasteiger partial charge is 0.294 e. The average molecular weight is 231 g/mol. The molecule has 0 aliphatic carbocycles. The molecule has 0 fully saturated rings. The van der Waals surface area contributed by atoms with Crippen LogP contribution in [-0.2, 0) is 14.9 Å². The number of nitrogens with one attached hydrogen (secondary N) is 1. The quantitative estimate of drug-likeness (QED) is 0.510. The molecule has 0 aliphatic rings. The van der Waals surface area contributed by atoms with E-state index in [1.54, 1.807) is 0 Å². The molecule has 0 bridgehead atoms. The molecule has 0 atom stereocenters. The van der Waals surface area contributed by atoms with E-state index in [2.05, 4.69) is 5.32 Å². The number of hydrogen-bond acceptors (Lipinski definition) is 4. The number of hydrogen-bond donors (Lipinski definition) is 3. The number of amides is 1. The van der Waals surface area contributed by atoms with Gasteiger partial charge in [-0.15, -0.1) is 0 Å². The van der Waals surface area contributed by atoms with E-state index >= 15 is 0 Å². The number of carbonyl (C=O) groups is 1. The van der Waals surface area contributed by atoms with Crippen molar-refractivity contribution in [2.75, 3.05) is 5.32 Å². The van der Waals surface area contributed by atoms with Crippen molar-refractivity contribution in [3.05, 3.63) is 18.2 Å². The van der Waals surface area contributed by atoms with E-state index in [0.717, 1.165) is 18.2 Å². The van der Waals surface area contributed by atoms with Gasteiger partial charge in [-0.05, 0) is 18.2 Å². The molecule has 0 aliphatic heterocycles. The first-order chi connectivity index (χ1) is 6.80. The molecule has 1 amide bonds. The van der Waals surface area contributed by atoms with Gasteiger partial charge in [0.1, 0.15) is 5.75 Å². The second-order valence-corrected chi connectivity index (χ2v) is 4.26. The van der Waals surface area contributed by atoms with Gasteiger partial charge in [-0.2, -0.15) is 8.42 Å². The summed E-state index contributed by atoms with van der Waals surface area (Å²) in [5, 5.41) is 11.5. The van der Waals surface area contributed by atoms with Crippen LogP contribution in [0.5, 0.6) is 5.75 Å². The maximum absolute atomic E-state index is 10.7. The fourth-order valence-electron chi connectivity index (χ4n) is 0.965. The van der Waals surface area contributed by atoms with E-state index in [1.165, 1.54) is 6.92 Å². The van der Waals surface area contributed by atoms with Crippen molar-refractivity contribution in [1.82, 2.24) is 0 Å². The SMILES string of the molecule is CC(=O)Nc1cc(S(=O)(=O)O)ccc1O. The van der Waals surface area contributed by atoms with E-state index in [1.807, 2.05) is 0 Å². The van der Waals surface area contributed by atoms with Crippen molar-refractivity contribution >= 4 is 21.7 Å². The number of aromatic hydroxyl groups is 1. The molecule has 0 saturated carbocycles. The summed E-state index contributed by atoms with van der Waals surface area (Å²) in [4.78, 5) is 10.3. The van der Waals surface area contributed by atoms with Gasteiger partial charge in [-0.1, -0.05) is 0 Å². The lowest BCUT2D eigenvalue weighted by molar-refractivity contribution is -0.114. The van der Waals surface area contributed by atoms with Gasteiger partial charge in [0.05, 0.1) is 10.6 Å². The van der Waals surface area contributed by atoms with Crippen LogP contribution in [0, 0.1) is 0 Å². The van der Waals surface area contributed by atoms with Crippen LogP contribution in [0.15, 0.2) is 23.1 Å². The summed E-state index contributed by atoms with van der Waals surface area (Å²) in [5.74, 6) is -0.740. The van der Waals surface area contributed by atoms with Crippen LogP contribution in [0.3, 0.4) is 0 Å². The summed E-state index contributed by atoms with van der Waals surface area (Å²) in [5.41, 5.74) is -0.0716. The Labute approximate surface area is 86.3 Å². The van der Waals surface area contributed by atoms with Gasteiger partial charge < -0.3 is 10.4 Å². The molecule has 1 aromatic rings. The largest absolute Gasteiger partial charge is 0.506 e. The van der Waals surface area contributed by atoms with Crippen LogP contribution in [0.4, 0.5) is 5.69 Å². The van der Waals surface area contributed by atoms with E-state index < -0.39 is 20.9 Å². The van der Waals surface area contributed by atoms with Crippen LogP contribution in [-0.4, -0.2) is 24.0 Å². The lowest BCUT2D eigenvalue weighted by Gasteiger charge is -2.06. The standard InChI is InChI=1S/C8H9NO5S/c1-5(10)9-7-4-6(15(12,13)14)2-3-8(7)11/h2-4,11H,1H3,(H,9,10)(H,12,13,14). The van der Waals surface area contributed by atoms with Gasteiger partial charge in [0.2, 0.25) is 5.91 Å². The van der Waals surface area contributed by atoms with Gasteiger partial charge in [-0.3, -0.25) is 9.35 Å². The fraction of sp³-hybridized carbons (Fsp3) is 0.125. The molecule has 6 nitrogen and oxygen atoms in total. The van der Waals surface area contributed by atoms with Crippen molar-refractivity contribution in [2.24, 2.45) is 0 Å². The number of phenolic OH excluding ortho intramolecular Hbond substituents is 1. The van der Waals surface area contributed by atoms with Gasteiger partial charge in [-0.25, -0.2) is 0 Å². The van der Waals surface area contributed by atoms with Crippen LogP contribution < -0.4 is 5.32 Å². The molecule has 7 heteroatoms. The Morgan fingerprint density at radius 2 is 2.00 bits per heavy atom. The molecule has 0 saturated heterocycles. The first-order valence-corrected chi connectivity index (χ1v) is 5.33. The first kappa shape index (κ1) is 11.5. The van der Waals surface area contributed by atoms with Gasteiger partial charge in [0, 0.05) is 6.92 Å². The zero-order valence-electron chi connectivity index (χ0n) is 7.76. The predicted molar refractivity (Wildman–Crippen MR) is 52.2 cm³/mol. The summed E-state index contributed by atoms with van der Waals surface area (Å²) >= 11 is 0. The number of phenols is 1. The second kappa shape index (κ2) is 3.87. The number of anilines is 1. The second-order valence-electron chi connectivity index (χ2n) is 2.84.